The lowest BCUT2D eigenvalue weighted by Gasteiger charge is -2.07. The molecule has 1 aliphatic heterocycles. The molecular formula is C7H10N2O. The van der Waals surface area contributed by atoms with Crippen molar-refractivity contribution in [2.45, 2.75) is 6.92 Å². The van der Waals surface area contributed by atoms with Crippen LogP contribution in [-0.2, 0) is 4.79 Å². The highest BCUT2D eigenvalue weighted by atomic mass is 16.1. The number of dihydropyridines is 1. The van der Waals surface area contributed by atoms with Crippen molar-refractivity contribution in [3.63, 3.8) is 0 Å². The second-order valence-corrected chi connectivity index (χ2v) is 2.08. The standard InChI is InChI=1S/C7H10N2O/c1-6(10)9-7-2-4-8-5-3-7/h2-4,8H,5H2,1H3,(H,9,10). The fourth-order valence-corrected chi connectivity index (χ4v) is 0.750. The lowest BCUT2D eigenvalue weighted by atomic mass is 10.3. The third-order valence-corrected chi connectivity index (χ3v) is 1.14. The second kappa shape index (κ2) is 3.06. The van der Waals surface area contributed by atoms with Gasteiger partial charge in [-0.2, -0.15) is 0 Å². The van der Waals surface area contributed by atoms with Crippen LogP contribution in [0.4, 0.5) is 0 Å². The summed E-state index contributed by atoms with van der Waals surface area (Å²) in [6.45, 7) is 2.28. The summed E-state index contributed by atoms with van der Waals surface area (Å²) in [5.74, 6) is -0.0298. The van der Waals surface area contributed by atoms with Crippen LogP contribution in [0.15, 0.2) is 24.0 Å². The molecule has 1 heterocycles. The third kappa shape index (κ3) is 1.93. The molecule has 0 aromatic heterocycles. The number of rotatable bonds is 1. The van der Waals surface area contributed by atoms with Gasteiger partial charge < -0.3 is 10.6 Å². The summed E-state index contributed by atoms with van der Waals surface area (Å²) in [5.41, 5.74) is 0.867. The van der Waals surface area contributed by atoms with Crippen molar-refractivity contribution in [2.24, 2.45) is 0 Å². The Bertz CT molecular complexity index is 194. The van der Waals surface area contributed by atoms with Gasteiger partial charge in [0.25, 0.3) is 0 Å². The molecule has 54 valence electrons. The minimum atomic E-state index is -0.0298. The zero-order chi connectivity index (χ0) is 7.40. The molecule has 1 rings (SSSR count). The van der Waals surface area contributed by atoms with Crippen LogP contribution in [0.3, 0.4) is 0 Å². The molecule has 3 nitrogen and oxygen atoms in total. The Hall–Kier alpha value is -1.25. The van der Waals surface area contributed by atoms with Crippen LogP contribution in [0.5, 0.6) is 0 Å². The van der Waals surface area contributed by atoms with Gasteiger partial charge in [0.2, 0.25) is 5.91 Å². The molecule has 0 spiro atoms. The van der Waals surface area contributed by atoms with Crippen LogP contribution in [0.1, 0.15) is 6.92 Å². The lowest BCUT2D eigenvalue weighted by Crippen LogP contribution is -2.22. The summed E-state index contributed by atoms with van der Waals surface area (Å²) in [6, 6.07) is 0. The van der Waals surface area contributed by atoms with E-state index in [1.807, 2.05) is 18.4 Å². The minimum Gasteiger partial charge on any atom is -0.387 e. The zero-order valence-corrected chi connectivity index (χ0v) is 5.85. The van der Waals surface area contributed by atoms with Gasteiger partial charge in [-0.1, -0.05) is 0 Å². The molecule has 1 amide bonds. The van der Waals surface area contributed by atoms with E-state index in [9.17, 15) is 4.79 Å². The largest absolute Gasteiger partial charge is 0.387 e. The van der Waals surface area contributed by atoms with Gasteiger partial charge in [-0.05, 0) is 18.4 Å². The van der Waals surface area contributed by atoms with Crippen LogP contribution < -0.4 is 10.6 Å². The Labute approximate surface area is 59.8 Å². The van der Waals surface area contributed by atoms with Gasteiger partial charge >= 0.3 is 0 Å². The number of carbonyl (C=O) groups is 1. The molecule has 3 heteroatoms. The molecule has 0 unspecified atom stereocenters. The van der Waals surface area contributed by atoms with Crippen LogP contribution in [-0.4, -0.2) is 12.5 Å². The van der Waals surface area contributed by atoms with Crippen LogP contribution in [0.25, 0.3) is 0 Å². The minimum absolute atomic E-state index is 0.0298. The van der Waals surface area contributed by atoms with E-state index in [0.717, 1.165) is 12.2 Å². The van der Waals surface area contributed by atoms with Crippen molar-refractivity contribution >= 4 is 5.91 Å². The van der Waals surface area contributed by atoms with E-state index in [0.29, 0.717) is 0 Å². The number of allylic oxidation sites excluding steroid dienone is 1. The monoisotopic (exact) mass is 138 g/mol. The predicted molar refractivity (Wildman–Crippen MR) is 39.0 cm³/mol. The van der Waals surface area contributed by atoms with Gasteiger partial charge in [-0.15, -0.1) is 0 Å². The van der Waals surface area contributed by atoms with E-state index < -0.39 is 0 Å². The first-order valence-electron chi connectivity index (χ1n) is 3.17. The molecule has 10 heavy (non-hydrogen) atoms. The summed E-state index contributed by atoms with van der Waals surface area (Å²) in [5, 5.41) is 5.66. The Morgan fingerprint density at radius 2 is 2.60 bits per heavy atom. The van der Waals surface area contributed by atoms with Crippen molar-refractivity contribution in [1.29, 1.82) is 0 Å². The topological polar surface area (TPSA) is 41.1 Å². The van der Waals surface area contributed by atoms with Gasteiger partial charge in [-0.3, -0.25) is 4.79 Å². The maximum atomic E-state index is 10.5. The smallest absolute Gasteiger partial charge is 0.221 e. The average Bonchev–Trinajstić information content (AvgIpc) is 1.88. The molecule has 0 aromatic carbocycles. The van der Waals surface area contributed by atoms with Crippen LogP contribution in [0.2, 0.25) is 0 Å². The fraction of sp³-hybridized carbons (Fsp3) is 0.286. The molecule has 0 saturated heterocycles. The molecular weight excluding hydrogens is 128 g/mol. The second-order valence-electron chi connectivity index (χ2n) is 2.08. The molecule has 0 bridgehead atoms. The fourth-order valence-electron chi connectivity index (χ4n) is 0.750. The summed E-state index contributed by atoms with van der Waals surface area (Å²) >= 11 is 0. The quantitative estimate of drug-likeness (QED) is 0.540. The maximum absolute atomic E-state index is 10.5. The van der Waals surface area contributed by atoms with E-state index in [4.69, 9.17) is 0 Å². The summed E-state index contributed by atoms with van der Waals surface area (Å²) < 4.78 is 0. The van der Waals surface area contributed by atoms with Gasteiger partial charge in [0.05, 0.1) is 0 Å². The van der Waals surface area contributed by atoms with Crippen molar-refractivity contribution in [3.8, 4) is 0 Å². The van der Waals surface area contributed by atoms with Gasteiger partial charge in [0.1, 0.15) is 0 Å². The van der Waals surface area contributed by atoms with Crippen LogP contribution >= 0.6 is 0 Å². The first-order valence-corrected chi connectivity index (χ1v) is 3.17. The Morgan fingerprint density at radius 3 is 3.10 bits per heavy atom. The van der Waals surface area contributed by atoms with Crippen molar-refractivity contribution in [2.75, 3.05) is 6.54 Å². The first kappa shape index (κ1) is 6.86. The predicted octanol–water partition coefficient (Wildman–Crippen LogP) is 0.123. The SMILES string of the molecule is CC(=O)NC1=CCNC=C1. The number of amides is 1. The molecule has 0 atom stereocenters. The number of carbonyl (C=O) groups excluding carboxylic acids is 1. The molecule has 2 N–H and O–H groups in total. The summed E-state index contributed by atoms with van der Waals surface area (Å²) in [7, 11) is 0. The molecule has 1 aliphatic rings. The van der Waals surface area contributed by atoms with Crippen molar-refractivity contribution in [1.82, 2.24) is 10.6 Å². The van der Waals surface area contributed by atoms with Gasteiger partial charge in [0, 0.05) is 19.2 Å². The Kier molecular flexibility index (Phi) is 2.10. The maximum Gasteiger partial charge on any atom is 0.221 e. The third-order valence-electron chi connectivity index (χ3n) is 1.14. The molecule has 0 aromatic rings. The van der Waals surface area contributed by atoms with E-state index >= 15 is 0 Å². The van der Waals surface area contributed by atoms with E-state index in [2.05, 4.69) is 10.6 Å². The van der Waals surface area contributed by atoms with E-state index in [1.54, 1.807) is 0 Å². The van der Waals surface area contributed by atoms with Gasteiger partial charge in [-0.25, -0.2) is 0 Å². The zero-order valence-electron chi connectivity index (χ0n) is 5.85. The number of hydrogen-bond acceptors (Lipinski definition) is 2. The average molecular weight is 138 g/mol. The highest BCUT2D eigenvalue weighted by Crippen LogP contribution is 1.93. The molecule has 0 radical (unpaired) electrons. The molecule has 0 fully saturated rings. The summed E-state index contributed by atoms with van der Waals surface area (Å²) in [4.78, 5) is 10.5. The van der Waals surface area contributed by atoms with Crippen molar-refractivity contribution < 1.29 is 4.79 Å². The number of hydrogen-bond donors (Lipinski definition) is 2. The highest BCUT2D eigenvalue weighted by Gasteiger charge is 1.96. The van der Waals surface area contributed by atoms with E-state index in [-0.39, 0.29) is 5.91 Å². The van der Waals surface area contributed by atoms with E-state index in [1.165, 1.54) is 6.92 Å². The normalized spacial score (nSPS) is 15.5. The Balaban J connectivity index is 2.48. The van der Waals surface area contributed by atoms with Crippen molar-refractivity contribution in [3.05, 3.63) is 24.0 Å². The van der Waals surface area contributed by atoms with Gasteiger partial charge in [0.15, 0.2) is 0 Å². The Morgan fingerprint density at radius 1 is 1.80 bits per heavy atom. The first-order chi connectivity index (χ1) is 4.79. The highest BCUT2D eigenvalue weighted by molar-refractivity contribution is 5.75. The molecule has 0 saturated carbocycles. The number of nitrogens with one attached hydrogen (secondary N) is 2. The lowest BCUT2D eigenvalue weighted by molar-refractivity contribution is -0.118. The van der Waals surface area contributed by atoms with Crippen LogP contribution in [0, 0.1) is 0 Å². The molecule has 0 aliphatic carbocycles. The summed E-state index contributed by atoms with van der Waals surface area (Å²) in [6.07, 6.45) is 5.55.